The fraction of sp³-hybridized carbons (Fsp3) is 0. The number of benzene rings is 4. The molecule has 0 spiro atoms. The fourth-order valence-electron chi connectivity index (χ4n) is 3.53. The minimum atomic E-state index is -0.656. The Morgan fingerprint density at radius 2 is 1.33 bits per heavy atom. The zero-order chi connectivity index (χ0) is 25.2. The fourth-order valence-corrected chi connectivity index (χ4v) is 3.53. The van der Waals surface area contributed by atoms with Gasteiger partial charge in [-0.1, -0.05) is 60.7 Å². The molecule has 0 fully saturated rings. The second-order valence-corrected chi connectivity index (χ2v) is 7.73. The molecule has 0 bridgehead atoms. The number of carbonyl (C=O) groups excluding carboxylic acids is 2. The number of amides is 2. The van der Waals surface area contributed by atoms with Crippen molar-refractivity contribution in [1.29, 1.82) is 0 Å². The van der Waals surface area contributed by atoms with E-state index in [0.717, 1.165) is 28.7 Å². The van der Waals surface area contributed by atoms with Crippen LogP contribution < -0.4 is 15.8 Å². The number of rotatable bonds is 8. The first-order valence-electron chi connectivity index (χ1n) is 11.2. The average molecular weight is 477 g/mol. The number of nitrogens with one attached hydrogen (secondary N) is 2. The standard InChI is InChI=1S/C29H24N4O3/c34-28(32-36)19-16-22-8-7-9-24(20-22)29(35)31-30-21-23-14-17-27(18-15-23)33(25-10-3-1-4-11-25)26-12-5-2-6-13-26/h1-21,36H,(H,31,35)(H,32,34)/b19-16+,30-21+. The maximum Gasteiger partial charge on any atom is 0.271 e. The van der Waals surface area contributed by atoms with Gasteiger partial charge in [0, 0.05) is 28.7 Å². The van der Waals surface area contributed by atoms with Crippen molar-refractivity contribution in [1.82, 2.24) is 10.9 Å². The van der Waals surface area contributed by atoms with E-state index in [1.807, 2.05) is 60.7 Å². The lowest BCUT2D eigenvalue weighted by Gasteiger charge is -2.25. The van der Waals surface area contributed by atoms with Crippen LogP contribution in [-0.4, -0.2) is 23.2 Å². The minimum absolute atomic E-state index is 0.385. The molecule has 4 rings (SSSR count). The Morgan fingerprint density at radius 3 is 1.94 bits per heavy atom. The summed E-state index contributed by atoms with van der Waals surface area (Å²) in [5.74, 6) is -1.04. The molecule has 2 amide bonds. The van der Waals surface area contributed by atoms with Gasteiger partial charge < -0.3 is 4.90 Å². The summed E-state index contributed by atoms with van der Waals surface area (Å²) in [6.07, 6.45) is 4.23. The van der Waals surface area contributed by atoms with Crippen LogP contribution in [0.5, 0.6) is 0 Å². The Kier molecular flexibility index (Phi) is 7.99. The lowest BCUT2D eigenvalue weighted by atomic mass is 10.1. The SMILES string of the molecule is O=C(/C=C/c1cccc(C(=O)N/N=C/c2ccc(N(c3ccccc3)c3ccccc3)cc2)c1)NO. The van der Waals surface area contributed by atoms with Crippen molar-refractivity contribution < 1.29 is 14.8 Å². The Morgan fingerprint density at radius 1 is 0.722 bits per heavy atom. The van der Waals surface area contributed by atoms with Gasteiger partial charge in [0.25, 0.3) is 11.8 Å². The highest BCUT2D eigenvalue weighted by Crippen LogP contribution is 2.33. The van der Waals surface area contributed by atoms with Gasteiger partial charge in [0.15, 0.2) is 0 Å². The van der Waals surface area contributed by atoms with E-state index in [1.165, 1.54) is 11.6 Å². The Hall–Kier alpha value is -5.01. The van der Waals surface area contributed by atoms with Crippen molar-refractivity contribution in [3.05, 3.63) is 132 Å². The predicted molar refractivity (Wildman–Crippen MR) is 142 cm³/mol. The molecule has 0 radical (unpaired) electrons. The van der Waals surface area contributed by atoms with Crippen LogP contribution in [-0.2, 0) is 4.79 Å². The quantitative estimate of drug-likeness (QED) is 0.137. The van der Waals surface area contributed by atoms with Crippen molar-refractivity contribution in [3.8, 4) is 0 Å². The average Bonchev–Trinajstić information content (AvgIpc) is 2.94. The van der Waals surface area contributed by atoms with Crippen molar-refractivity contribution in [3.63, 3.8) is 0 Å². The number of carbonyl (C=O) groups is 2. The molecule has 0 atom stereocenters. The van der Waals surface area contributed by atoms with E-state index in [9.17, 15) is 9.59 Å². The van der Waals surface area contributed by atoms with Crippen LogP contribution in [0.1, 0.15) is 21.5 Å². The van der Waals surface area contributed by atoms with E-state index < -0.39 is 5.91 Å². The number of nitrogens with zero attached hydrogens (tertiary/aromatic N) is 2. The van der Waals surface area contributed by atoms with Crippen molar-refractivity contribution in [2.24, 2.45) is 5.10 Å². The van der Waals surface area contributed by atoms with Crippen LogP contribution in [0.2, 0.25) is 0 Å². The number of hydrogen-bond acceptors (Lipinski definition) is 5. The van der Waals surface area contributed by atoms with Crippen LogP contribution in [0, 0.1) is 0 Å². The molecule has 0 aliphatic carbocycles. The number of hydroxylamine groups is 1. The highest BCUT2D eigenvalue weighted by molar-refractivity contribution is 5.96. The van der Waals surface area contributed by atoms with E-state index >= 15 is 0 Å². The molecule has 0 aliphatic rings. The molecule has 0 aromatic heterocycles. The summed E-state index contributed by atoms with van der Waals surface area (Å²) in [5, 5.41) is 12.6. The smallest absolute Gasteiger partial charge is 0.271 e. The normalized spacial score (nSPS) is 10.9. The first kappa shape index (κ1) is 24.1. The Balaban J connectivity index is 1.45. The van der Waals surface area contributed by atoms with Gasteiger partial charge in [-0.05, 0) is 65.7 Å². The third kappa shape index (κ3) is 6.31. The molecule has 0 unspecified atom stereocenters. The number of anilines is 3. The van der Waals surface area contributed by atoms with Crippen LogP contribution in [0.4, 0.5) is 17.1 Å². The van der Waals surface area contributed by atoms with Gasteiger partial charge in [-0.2, -0.15) is 5.10 Å². The van der Waals surface area contributed by atoms with Crippen molar-refractivity contribution in [2.75, 3.05) is 4.90 Å². The topological polar surface area (TPSA) is 94.0 Å². The molecular weight excluding hydrogens is 452 g/mol. The largest absolute Gasteiger partial charge is 0.311 e. The molecule has 4 aromatic rings. The second kappa shape index (κ2) is 11.9. The van der Waals surface area contributed by atoms with Crippen LogP contribution >= 0.6 is 0 Å². The van der Waals surface area contributed by atoms with Crippen molar-refractivity contribution in [2.45, 2.75) is 0 Å². The number of hydrogen-bond donors (Lipinski definition) is 3. The second-order valence-electron chi connectivity index (χ2n) is 7.73. The third-order valence-corrected chi connectivity index (χ3v) is 5.25. The molecule has 7 heteroatoms. The van der Waals surface area contributed by atoms with Gasteiger partial charge in [-0.3, -0.25) is 14.8 Å². The lowest BCUT2D eigenvalue weighted by Crippen LogP contribution is -2.17. The molecule has 36 heavy (non-hydrogen) atoms. The summed E-state index contributed by atoms with van der Waals surface area (Å²) in [7, 11) is 0. The van der Waals surface area contributed by atoms with Gasteiger partial charge in [0.2, 0.25) is 0 Å². The van der Waals surface area contributed by atoms with Crippen LogP contribution in [0.15, 0.2) is 120 Å². The van der Waals surface area contributed by atoms with Crippen molar-refractivity contribution >= 4 is 41.2 Å². The number of para-hydroxylation sites is 2. The molecule has 0 heterocycles. The van der Waals surface area contributed by atoms with E-state index in [2.05, 4.69) is 39.7 Å². The summed E-state index contributed by atoms with van der Waals surface area (Å²) >= 11 is 0. The molecule has 0 saturated carbocycles. The van der Waals surface area contributed by atoms with Gasteiger partial charge in [-0.25, -0.2) is 10.9 Å². The zero-order valence-corrected chi connectivity index (χ0v) is 19.3. The summed E-state index contributed by atoms with van der Waals surface area (Å²) in [5.41, 5.74) is 8.96. The summed E-state index contributed by atoms with van der Waals surface area (Å²) in [4.78, 5) is 25.8. The highest BCUT2D eigenvalue weighted by Gasteiger charge is 2.11. The van der Waals surface area contributed by atoms with Crippen LogP contribution in [0.3, 0.4) is 0 Å². The summed E-state index contributed by atoms with van der Waals surface area (Å²) in [6, 6.07) is 34.8. The molecule has 178 valence electrons. The summed E-state index contributed by atoms with van der Waals surface area (Å²) < 4.78 is 0. The zero-order valence-electron chi connectivity index (χ0n) is 19.3. The van der Waals surface area contributed by atoms with E-state index in [1.54, 1.807) is 30.5 Å². The van der Waals surface area contributed by atoms with Gasteiger partial charge in [-0.15, -0.1) is 0 Å². The Labute approximate surface area is 209 Å². The van der Waals surface area contributed by atoms with Crippen LogP contribution in [0.25, 0.3) is 6.08 Å². The molecule has 0 aliphatic heterocycles. The summed E-state index contributed by atoms with van der Waals surface area (Å²) in [6.45, 7) is 0. The number of hydrazone groups is 1. The molecule has 7 nitrogen and oxygen atoms in total. The van der Waals surface area contributed by atoms with E-state index in [-0.39, 0.29) is 5.91 Å². The van der Waals surface area contributed by atoms with E-state index in [0.29, 0.717) is 11.1 Å². The maximum absolute atomic E-state index is 12.5. The maximum atomic E-state index is 12.5. The Bertz CT molecular complexity index is 1330. The first-order valence-corrected chi connectivity index (χ1v) is 11.2. The van der Waals surface area contributed by atoms with Gasteiger partial charge in [0.1, 0.15) is 0 Å². The highest BCUT2D eigenvalue weighted by atomic mass is 16.5. The van der Waals surface area contributed by atoms with Gasteiger partial charge in [0.05, 0.1) is 6.21 Å². The molecule has 4 aromatic carbocycles. The predicted octanol–water partition coefficient (Wildman–Crippen LogP) is 5.44. The third-order valence-electron chi connectivity index (χ3n) is 5.25. The minimum Gasteiger partial charge on any atom is -0.311 e. The molecule has 3 N–H and O–H groups in total. The van der Waals surface area contributed by atoms with Gasteiger partial charge >= 0.3 is 0 Å². The monoisotopic (exact) mass is 476 g/mol. The lowest BCUT2D eigenvalue weighted by molar-refractivity contribution is -0.124. The molecule has 0 saturated heterocycles. The first-order chi connectivity index (χ1) is 17.6. The van der Waals surface area contributed by atoms with E-state index in [4.69, 9.17) is 5.21 Å². The molecular formula is C29H24N4O3.